The molecule has 0 saturated heterocycles. The van der Waals surface area contributed by atoms with E-state index in [1.807, 2.05) is 39.0 Å². The molecule has 30 heavy (non-hydrogen) atoms. The molecule has 3 rings (SSSR count). The molecule has 4 heteroatoms. The van der Waals surface area contributed by atoms with Crippen molar-refractivity contribution in [2.75, 3.05) is 0 Å². The summed E-state index contributed by atoms with van der Waals surface area (Å²) in [5, 5.41) is 2.43. The Morgan fingerprint density at radius 2 is 1.27 bits per heavy atom. The molecule has 0 aliphatic heterocycles. The van der Waals surface area contributed by atoms with Crippen molar-refractivity contribution in [3.05, 3.63) is 72.8 Å². The molecule has 0 saturated carbocycles. The molecule has 3 nitrogen and oxygen atoms in total. The lowest BCUT2D eigenvalue weighted by atomic mass is 9.97. The number of carbonyl (C=O) groups excluding carboxylic acids is 1. The fourth-order valence-corrected chi connectivity index (χ4v) is 8.69. The fourth-order valence-electron chi connectivity index (χ4n) is 4.04. The van der Waals surface area contributed by atoms with Gasteiger partial charge in [-0.1, -0.05) is 87.5 Å². The van der Waals surface area contributed by atoms with Crippen LogP contribution in [0.2, 0.25) is 5.04 Å². The van der Waals surface area contributed by atoms with E-state index in [1.165, 1.54) is 10.4 Å². The van der Waals surface area contributed by atoms with Crippen molar-refractivity contribution >= 4 is 24.7 Å². The molecule has 0 unspecified atom stereocenters. The quantitative estimate of drug-likeness (QED) is 0.393. The molecule has 1 aliphatic rings. The van der Waals surface area contributed by atoms with E-state index in [9.17, 15) is 4.79 Å². The van der Waals surface area contributed by atoms with E-state index in [2.05, 4.69) is 75.4 Å². The minimum atomic E-state index is -2.61. The minimum Gasteiger partial charge on any atom is -0.458 e. The van der Waals surface area contributed by atoms with E-state index in [1.54, 1.807) is 0 Å². The standard InChI is InChI=1S/C26H34O3Si/c1-25(2,3)24(27)28-20-17-18-21(19-20)29-30(26(4,5)6,22-13-9-7-10-14-22)23-15-11-8-12-16-23/h7-18,20-21H,19H2,1-6H3/t20-,21+/m1/s1. The van der Waals surface area contributed by atoms with Crippen molar-refractivity contribution in [1.29, 1.82) is 0 Å². The van der Waals surface area contributed by atoms with Crippen LogP contribution in [0.3, 0.4) is 0 Å². The van der Waals surface area contributed by atoms with Crippen molar-refractivity contribution in [3.8, 4) is 0 Å². The zero-order valence-corrected chi connectivity index (χ0v) is 20.0. The van der Waals surface area contributed by atoms with Crippen LogP contribution in [0, 0.1) is 5.41 Å². The number of ether oxygens (including phenoxy) is 1. The summed E-state index contributed by atoms with van der Waals surface area (Å²) in [6.07, 6.45) is 4.38. The van der Waals surface area contributed by atoms with Gasteiger partial charge >= 0.3 is 5.97 Å². The number of benzene rings is 2. The monoisotopic (exact) mass is 422 g/mol. The van der Waals surface area contributed by atoms with Crippen LogP contribution in [-0.2, 0) is 14.0 Å². The first kappa shape index (κ1) is 22.5. The maximum absolute atomic E-state index is 12.3. The van der Waals surface area contributed by atoms with E-state index in [-0.39, 0.29) is 23.2 Å². The van der Waals surface area contributed by atoms with Crippen LogP contribution in [0.1, 0.15) is 48.0 Å². The number of esters is 1. The normalized spacial score (nSPS) is 19.7. The molecule has 0 aromatic heterocycles. The van der Waals surface area contributed by atoms with Gasteiger partial charge in [-0.25, -0.2) is 0 Å². The second-order valence-electron chi connectivity index (χ2n) is 10.1. The highest BCUT2D eigenvalue weighted by molar-refractivity contribution is 6.99. The summed E-state index contributed by atoms with van der Waals surface area (Å²) in [4.78, 5) is 12.3. The molecule has 2 aromatic carbocycles. The molecule has 2 aromatic rings. The smallest absolute Gasteiger partial charge is 0.311 e. The van der Waals surface area contributed by atoms with E-state index in [0.717, 1.165) is 0 Å². The number of rotatable bonds is 5. The third-order valence-corrected chi connectivity index (χ3v) is 10.7. The Kier molecular flexibility index (Phi) is 6.39. The third kappa shape index (κ3) is 4.60. The van der Waals surface area contributed by atoms with Crippen LogP contribution in [0.5, 0.6) is 0 Å². The molecule has 2 atom stereocenters. The van der Waals surface area contributed by atoms with Crippen LogP contribution in [0.15, 0.2) is 72.8 Å². The molecule has 0 radical (unpaired) electrons. The third-order valence-electron chi connectivity index (χ3n) is 5.62. The SMILES string of the molecule is CC(C)(C)C(=O)O[C@@H]1C=C[C@H](O[Si](c2ccccc2)(c2ccccc2)C(C)(C)C)C1. The Labute approximate surface area is 182 Å². The molecule has 0 fully saturated rings. The molecular formula is C26H34O3Si. The van der Waals surface area contributed by atoms with E-state index in [0.29, 0.717) is 6.42 Å². The van der Waals surface area contributed by atoms with Crippen molar-refractivity contribution in [2.45, 2.75) is 65.2 Å². The van der Waals surface area contributed by atoms with Gasteiger partial charge in [-0.2, -0.15) is 0 Å². The van der Waals surface area contributed by atoms with Gasteiger partial charge in [-0.3, -0.25) is 4.79 Å². The average molecular weight is 423 g/mol. The van der Waals surface area contributed by atoms with Gasteiger partial charge in [0.05, 0.1) is 11.5 Å². The van der Waals surface area contributed by atoms with Crippen LogP contribution < -0.4 is 10.4 Å². The van der Waals surface area contributed by atoms with Gasteiger partial charge in [0.1, 0.15) is 6.10 Å². The second kappa shape index (κ2) is 8.52. The Bertz CT molecular complexity index is 836. The summed E-state index contributed by atoms with van der Waals surface area (Å²) >= 11 is 0. The average Bonchev–Trinajstić information content (AvgIpc) is 3.12. The lowest BCUT2D eigenvalue weighted by Crippen LogP contribution is -2.67. The molecule has 0 heterocycles. The highest BCUT2D eigenvalue weighted by Gasteiger charge is 2.51. The van der Waals surface area contributed by atoms with Crippen molar-refractivity contribution in [1.82, 2.24) is 0 Å². The molecule has 0 N–H and O–H groups in total. The van der Waals surface area contributed by atoms with Crippen LogP contribution >= 0.6 is 0 Å². The number of hydrogen-bond donors (Lipinski definition) is 0. The Morgan fingerprint density at radius 3 is 1.70 bits per heavy atom. The largest absolute Gasteiger partial charge is 0.458 e. The Morgan fingerprint density at radius 1 is 0.800 bits per heavy atom. The first-order valence-electron chi connectivity index (χ1n) is 10.7. The molecule has 1 aliphatic carbocycles. The van der Waals surface area contributed by atoms with Gasteiger partial charge in [0, 0.05) is 6.42 Å². The molecule has 0 amide bonds. The Hall–Kier alpha value is -2.17. The van der Waals surface area contributed by atoms with Crippen molar-refractivity contribution in [3.63, 3.8) is 0 Å². The highest BCUT2D eigenvalue weighted by Crippen LogP contribution is 2.39. The lowest BCUT2D eigenvalue weighted by molar-refractivity contribution is -0.156. The predicted molar refractivity (Wildman–Crippen MR) is 126 cm³/mol. The first-order chi connectivity index (χ1) is 14.0. The van der Waals surface area contributed by atoms with E-state index >= 15 is 0 Å². The van der Waals surface area contributed by atoms with E-state index < -0.39 is 13.7 Å². The summed E-state index contributed by atoms with van der Waals surface area (Å²) in [6.45, 7) is 12.5. The summed E-state index contributed by atoms with van der Waals surface area (Å²) in [7, 11) is -2.61. The fraction of sp³-hybridized carbons (Fsp3) is 0.423. The molecule has 160 valence electrons. The number of carbonyl (C=O) groups is 1. The summed E-state index contributed by atoms with van der Waals surface area (Å²) in [5.41, 5.74) is -0.509. The maximum Gasteiger partial charge on any atom is 0.311 e. The van der Waals surface area contributed by atoms with Gasteiger partial charge in [0.15, 0.2) is 0 Å². The highest BCUT2D eigenvalue weighted by atomic mass is 28.4. The molecular weight excluding hydrogens is 388 g/mol. The first-order valence-corrected chi connectivity index (χ1v) is 12.6. The Balaban J connectivity index is 1.94. The second-order valence-corrected chi connectivity index (χ2v) is 14.4. The van der Waals surface area contributed by atoms with Crippen LogP contribution in [0.4, 0.5) is 0 Å². The van der Waals surface area contributed by atoms with Gasteiger partial charge < -0.3 is 9.16 Å². The lowest BCUT2D eigenvalue weighted by Gasteiger charge is -2.44. The minimum absolute atomic E-state index is 0.0796. The van der Waals surface area contributed by atoms with Crippen molar-refractivity contribution in [2.24, 2.45) is 5.41 Å². The van der Waals surface area contributed by atoms with Gasteiger partial charge in [0.25, 0.3) is 8.32 Å². The topological polar surface area (TPSA) is 35.5 Å². The summed E-state index contributed by atoms with van der Waals surface area (Å²) in [5.74, 6) is -0.178. The zero-order chi connectivity index (χ0) is 22.0. The molecule has 0 bridgehead atoms. The van der Waals surface area contributed by atoms with Gasteiger partial charge in [-0.15, -0.1) is 0 Å². The van der Waals surface area contributed by atoms with Gasteiger partial charge in [0.2, 0.25) is 0 Å². The van der Waals surface area contributed by atoms with Gasteiger partial charge in [-0.05, 0) is 42.3 Å². The maximum atomic E-state index is 12.3. The molecule has 0 spiro atoms. The number of hydrogen-bond acceptors (Lipinski definition) is 3. The summed E-state index contributed by atoms with van der Waals surface area (Å²) in [6, 6.07) is 21.2. The van der Waals surface area contributed by atoms with Crippen LogP contribution in [-0.4, -0.2) is 26.5 Å². The van der Waals surface area contributed by atoms with Crippen molar-refractivity contribution < 1.29 is 14.0 Å². The summed E-state index contributed by atoms with van der Waals surface area (Å²) < 4.78 is 12.8. The predicted octanol–water partition coefficient (Wildman–Crippen LogP) is 4.85. The zero-order valence-electron chi connectivity index (χ0n) is 19.0. The van der Waals surface area contributed by atoms with E-state index in [4.69, 9.17) is 9.16 Å². The van der Waals surface area contributed by atoms with Crippen LogP contribution in [0.25, 0.3) is 0 Å².